The van der Waals surface area contributed by atoms with Crippen molar-refractivity contribution in [2.45, 2.75) is 52.7 Å². The Morgan fingerprint density at radius 3 is 2.41 bits per heavy atom. The summed E-state index contributed by atoms with van der Waals surface area (Å²) in [6, 6.07) is 3.49. The summed E-state index contributed by atoms with van der Waals surface area (Å²) in [6.45, 7) is 12.1. The standard InChI is InChI=1S/C19H32N6O3.HI/c1-7-21-16(22-12-15(26)24-14-9-8-10-20-11-14)23-13-19(5,6)25-17(27)28-18(2,3)4;/h8-11H,7,12-13H2,1-6H3,(H,24,26)(H,25,27)(H2,21,22,23);1H. The molecule has 0 aromatic carbocycles. The first kappa shape index (κ1) is 26.9. The van der Waals surface area contributed by atoms with Gasteiger partial charge in [-0.3, -0.25) is 9.78 Å². The zero-order valence-electron chi connectivity index (χ0n) is 18.0. The third-order valence-electron chi connectivity index (χ3n) is 3.21. The molecule has 1 heterocycles. The van der Waals surface area contributed by atoms with Gasteiger partial charge in [0.25, 0.3) is 0 Å². The van der Waals surface area contributed by atoms with Crippen molar-refractivity contribution in [3.05, 3.63) is 24.5 Å². The van der Waals surface area contributed by atoms with Crippen molar-refractivity contribution < 1.29 is 14.3 Å². The Hall–Kier alpha value is -2.11. The number of alkyl carbamates (subject to hydrolysis) is 1. The number of halogens is 1. The third-order valence-corrected chi connectivity index (χ3v) is 3.21. The summed E-state index contributed by atoms with van der Waals surface area (Å²) in [7, 11) is 0. The van der Waals surface area contributed by atoms with E-state index in [1.165, 1.54) is 0 Å². The summed E-state index contributed by atoms with van der Waals surface area (Å²) in [4.78, 5) is 32.2. The summed E-state index contributed by atoms with van der Waals surface area (Å²) in [5.41, 5.74) is -0.536. The van der Waals surface area contributed by atoms with Gasteiger partial charge >= 0.3 is 6.09 Å². The molecule has 0 spiro atoms. The normalized spacial score (nSPS) is 11.7. The van der Waals surface area contributed by atoms with Crippen LogP contribution in [0.1, 0.15) is 41.5 Å². The Morgan fingerprint density at radius 2 is 1.86 bits per heavy atom. The van der Waals surface area contributed by atoms with Crippen LogP contribution < -0.4 is 21.3 Å². The zero-order chi connectivity index (χ0) is 21.2. The first-order chi connectivity index (χ1) is 13.0. The molecule has 1 rings (SSSR count). The monoisotopic (exact) mass is 520 g/mol. The van der Waals surface area contributed by atoms with E-state index in [0.717, 1.165) is 0 Å². The summed E-state index contributed by atoms with van der Waals surface area (Å²) in [5.74, 6) is 0.222. The van der Waals surface area contributed by atoms with Gasteiger partial charge in [-0.15, -0.1) is 24.0 Å². The average Bonchev–Trinajstić information content (AvgIpc) is 2.56. The highest BCUT2D eigenvalue weighted by atomic mass is 127. The second-order valence-electron chi connectivity index (χ2n) is 7.85. The average molecular weight is 520 g/mol. The van der Waals surface area contributed by atoms with Gasteiger partial charge in [0.05, 0.1) is 17.4 Å². The van der Waals surface area contributed by atoms with Crippen molar-refractivity contribution in [2.75, 3.05) is 25.0 Å². The second-order valence-corrected chi connectivity index (χ2v) is 7.85. The minimum Gasteiger partial charge on any atom is -0.444 e. The topological polar surface area (TPSA) is 117 Å². The van der Waals surface area contributed by atoms with Gasteiger partial charge in [-0.05, 0) is 53.7 Å². The van der Waals surface area contributed by atoms with Gasteiger partial charge in [-0.2, -0.15) is 0 Å². The Kier molecular flexibility index (Phi) is 11.5. The summed E-state index contributed by atoms with van der Waals surface area (Å²) in [5, 5.41) is 11.7. The first-order valence-electron chi connectivity index (χ1n) is 9.24. The minimum atomic E-state index is -0.587. The Balaban J connectivity index is 0.00000784. The molecule has 0 fully saturated rings. The van der Waals surface area contributed by atoms with Crippen LogP contribution in [0, 0.1) is 0 Å². The molecule has 1 aromatic heterocycles. The number of carbonyl (C=O) groups excluding carboxylic acids is 2. The molecule has 0 unspecified atom stereocenters. The van der Waals surface area contributed by atoms with E-state index in [2.05, 4.69) is 31.2 Å². The Morgan fingerprint density at radius 1 is 1.17 bits per heavy atom. The molecule has 29 heavy (non-hydrogen) atoms. The minimum absolute atomic E-state index is 0. The molecule has 0 bridgehead atoms. The number of nitrogens with zero attached hydrogens (tertiary/aromatic N) is 2. The lowest BCUT2D eigenvalue weighted by Crippen LogP contribution is -2.54. The molecule has 0 radical (unpaired) electrons. The van der Waals surface area contributed by atoms with Gasteiger partial charge in [0, 0.05) is 19.3 Å². The molecule has 164 valence electrons. The number of carbonyl (C=O) groups is 2. The van der Waals surface area contributed by atoms with Crippen LogP contribution >= 0.6 is 24.0 Å². The van der Waals surface area contributed by atoms with Gasteiger partial charge in [0.15, 0.2) is 5.96 Å². The smallest absolute Gasteiger partial charge is 0.408 e. The van der Waals surface area contributed by atoms with Crippen molar-refractivity contribution in [3.8, 4) is 0 Å². The van der Waals surface area contributed by atoms with Crippen LogP contribution in [-0.2, 0) is 9.53 Å². The molecule has 0 atom stereocenters. The van der Waals surface area contributed by atoms with E-state index in [4.69, 9.17) is 4.74 Å². The van der Waals surface area contributed by atoms with Crippen molar-refractivity contribution >= 4 is 47.6 Å². The van der Waals surface area contributed by atoms with Crippen molar-refractivity contribution in [3.63, 3.8) is 0 Å². The predicted octanol–water partition coefficient (Wildman–Crippen LogP) is 2.50. The number of pyridine rings is 1. The SMILES string of the molecule is CCNC(=NCC(=O)Nc1cccnc1)NCC(C)(C)NC(=O)OC(C)(C)C.I. The maximum absolute atomic E-state index is 12.0. The molecule has 10 heteroatoms. The highest BCUT2D eigenvalue weighted by molar-refractivity contribution is 14.0. The molecular formula is C19H33IN6O3. The summed E-state index contributed by atoms with van der Waals surface area (Å²) < 4.78 is 5.28. The van der Waals surface area contributed by atoms with E-state index in [1.807, 2.05) is 41.5 Å². The molecule has 4 N–H and O–H groups in total. The zero-order valence-corrected chi connectivity index (χ0v) is 20.3. The maximum Gasteiger partial charge on any atom is 0.408 e. The van der Waals surface area contributed by atoms with E-state index in [0.29, 0.717) is 24.7 Å². The third kappa shape index (κ3) is 12.9. The number of nitrogens with one attached hydrogen (secondary N) is 4. The molecule has 2 amide bonds. The number of aliphatic imine (C=N–C) groups is 1. The van der Waals surface area contributed by atoms with Crippen LogP contribution in [0.25, 0.3) is 0 Å². The Bertz CT molecular complexity index is 674. The number of amides is 2. The molecular weight excluding hydrogens is 487 g/mol. The van der Waals surface area contributed by atoms with E-state index in [1.54, 1.807) is 24.5 Å². The van der Waals surface area contributed by atoms with E-state index in [-0.39, 0.29) is 36.4 Å². The molecule has 0 aliphatic heterocycles. The van der Waals surface area contributed by atoms with Crippen LogP contribution in [0.2, 0.25) is 0 Å². The highest BCUT2D eigenvalue weighted by Gasteiger charge is 2.24. The fourth-order valence-corrected chi connectivity index (χ4v) is 2.06. The van der Waals surface area contributed by atoms with Gasteiger partial charge < -0.3 is 26.0 Å². The lowest BCUT2D eigenvalue weighted by molar-refractivity contribution is -0.114. The summed E-state index contributed by atoms with van der Waals surface area (Å²) >= 11 is 0. The quantitative estimate of drug-likeness (QED) is 0.250. The molecule has 0 saturated carbocycles. The van der Waals surface area contributed by atoms with Crippen LogP contribution in [0.4, 0.5) is 10.5 Å². The van der Waals surface area contributed by atoms with Crippen molar-refractivity contribution in [2.24, 2.45) is 4.99 Å². The van der Waals surface area contributed by atoms with Crippen molar-refractivity contribution in [1.82, 2.24) is 20.9 Å². The van der Waals surface area contributed by atoms with Gasteiger partial charge in [-0.25, -0.2) is 9.79 Å². The van der Waals surface area contributed by atoms with Gasteiger partial charge in [0.1, 0.15) is 12.1 Å². The largest absolute Gasteiger partial charge is 0.444 e. The van der Waals surface area contributed by atoms with E-state index < -0.39 is 17.2 Å². The number of anilines is 1. The van der Waals surface area contributed by atoms with Gasteiger partial charge in [-0.1, -0.05) is 0 Å². The van der Waals surface area contributed by atoms with Gasteiger partial charge in [0.2, 0.25) is 5.91 Å². The van der Waals surface area contributed by atoms with Crippen LogP contribution in [0.15, 0.2) is 29.5 Å². The van der Waals surface area contributed by atoms with Crippen molar-refractivity contribution in [1.29, 1.82) is 0 Å². The fraction of sp³-hybridized carbons (Fsp3) is 0.579. The second kappa shape index (κ2) is 12.5. The van der Waals surface area contributed by atoms with E-state index in [9.17, 15) is 9.59 Å². The molecule has 9 nitrogen and oxygen atoms in total. The van der Waals surface area contributed by atoms with Crippen LogP contribution in [0.3, 0.4) is 0 Å². The molecule has 0 saturated heterocycles. The number of hydrogen-bond donors (Lipinski definition) is 4. The number of aromatic nitrogens is 1. The lowest BCUT2D eigenvalue weighted by atomic mass is 10.1. The predicted molar refractivity (Wildman–Crippen MR) is 126 cm³/mol. The lowest BCUT2D eigenvalue weighted by Gasteiger charge is -2.29. The Labute approximate surface area is 189 Å². The summed E-state index contributed by atoms with van der Waals surface area (Å²) in [6.07, 6.45) is 2.71. The first-order valence-corrected chi connectivity index (χ1v) is 9.24. The highest BCUT2D eigenvalue weighted by Crippen LogP contribution is 2.09. The van der Waals surface area contributed by atoms with E-state index >= 15 is 0 Å². The number of hydrogen-bond acceptors (Lipinski definition) is 5. The van der Waals surface area contributed by atoms with Crippen LogP contribution in [-0.4, -0.2) is 53.7 Å². The maximum atomic E-state index is 12.0. The molecule has 1 aromatic rings. The fourth-order valence-electron chi connectivity index (χ4n) is 2.06. The number of ether oxygens (including phenoxy) is 1. The van der Waals surface area contributed by atoms with Crippen LogP contribution in [0.5, 0.6) is 0 Å². The number of rotatable bonds is 7. The number of guanidine groups is 1. The molecule has 0 aliphatic rings. The molecule has 0 aliphatic carbocycles.